The number of para-hydroxylation sites is 1. The molecule has 0 bridgehead atoms. The third-order valence-electron chi connectivity index (χ3n) is 4.93. The van der Waals surface area contributed by atoms with Crippen LogP contribution in [-0.2, 0) is 11.3 Å². The molecule has 0 aliphatic carbocycles. The molecule has 0 spiro atoms. The molecule has 1 N–H and O–H groups in total. The Balaban J connectivity index is 1.42. The predicted octanol–water partition coefficient (Wildman–Crippen LogP) is 2.55. The number of anilines is 1. The SMILES string of the molecule is Cc1cc(C)nc(N[C@H]2CCCN(C(=O)Cn3ncc4ccccc43)C2)n1. The Labute approximate surface area is 158 Å². The summed E-state index contributed by atoms with van der Waals surface area (Å²) in [5, 5.41) is 8.82. The summed E-state index contributed by atoms with van der Waals surface area (Å²) >= 11 is 0. The molecule has 4 rings (SSSR count). The van der Waals surface area contributed by atoms with Crippen LogP contribution in [0.4, 0.5) is 5.95 Å². The number of carbonyl (C=O) groups is 1. The van der Waals surface area contributed by atoms with E-state index in [2.05, 4.69) is 20.4 Å². The van der Waals surface area contributed by atoms with Gasteiger partial charge in [-0.25, -0.2) is 9.97 Å². The van der Waals surface area contributed by atoms with Gasteiger partial charge in [-0.1, -0.05) is 18.2 Å². The first-order chi connectivity index (χ1) is 13.1. The fourth-order valence-corrected chi connectivity index (χ4v) is 3.67. The van der Waals surface area contributed by atoms with E-state index in [4.69, 9.17) is 0 Å². The van der Waals surface area contributed by atoms with Crippen molar-refractivity contribution >= 4 is 22.8 Å². The van der Waals surface area contributed by atoms with Crippen molar-refractivity contribution in [3.8, 4) is 0 Å². The van der Waals surface area contributed by atoms with Crippen LogP contribution in [0.25, 0.3) is 10.9 Å². The number of carbonyl (C=O) groups excluding carboxylic acids is 1. The van der Waals surface area contributed by atoms with E-state index in [1.165, 1.54) is 0 Å². The second-order valence-electron chi connectivity index (χ2n) is 7.16. The Kier molecular flexibility index (Phi) is 4.75. The van der Waals surface area contributed by atoms with E-state index in [0.717, 1.165) is 41.7 Å². The molecule has 27 heavy (non-hydrogen) atoms. The summed E-state index contributed by atoms with van der Waals surface area (Å²) in [6, 6.07) is 10.1. The van der Waals surface area contributed by atoms with Gasteiger partial charge in [0.15, 0.2) is 0 Å². The van der Waals surface area contributed by atoms with Crippen molar-refractivity contribution in [1.29, 1.82) is 0 Å². The van der Waals surface area contributed by atoms with E-state index >= 15 is 0 Å². The van der Waals surface area contributed by atoms with E-state index < -0.39 is 0 Å². The summed E-state index contributed by atoms with van der Waals surface area (Å²) in [6.45, 7) is 5.63. The lowest BCUT2D eigenvalue weighted by molar-refractivity contribution is -0.133. The molecular weight excluding hydrogens is 340 g/mol. The van der Waals surface area contributed by atoms with E-state index in [0.29, 0.717) is 12.5 Å². The molecule has 7 nitrogen and oxygen atoms in total. The molecule has 1 atom stereocenters. The molecule has 0 unspecified atom stereocenters. The van der Waals surface area contributed by atoms with Gasteiger partial charge in [-0.3, -0.25) is 9.48 Å². The van der Waals surface area contributed by atoms with Crippen LogP contribution in [0.3, 0.4) is 0 Å². The van der Waals surface area contributed by atoms with E-state index in [-0.39, 0.29) is 18.5 Å². The molecule has 1 aliphatic rings. The molecule has 1 amide bonds. The lowest BCUT2D eigenvalue weighted by atomic mass is 10.1. The summed E-state index contributed by atoms with van der Waals surface area (Å²) < 4.78 is 1.78. The van der Waals surface area contributed by atoms with Crippen LogP contribution >= 0.6 is 0 Å². The van der Waals surface area contributed by atoms with Crippen molar-refractivity contribution in [2.24, 2.45) is 0 Å². The second-order valence-corrected chi connectivity index (χ2v) is 7.16. The minimum Gasteiger partial charge on any atom is -0.350 e. The van der Waals surface area contributed by atoms with Gasteiger partial charge < -0.3 is 10.2 Å². The Morgan fingerprint density at radius 3 is 2.81 bits per heavy atom. The first kappa shape index (κ1) is 17.5. The lowest BCUT2D eigenvalue weighted by Gasteiger charge is -2.33. The maximum absolute atomic E-state index is 12.8. The zero-order valence-corrected chi connectivity index (χ0v) is 15.7. The van der Waals surface area contributed by atoms with Crippen molar-refractivity contribution in [2.45, 2.75) is 39.3 Å². The molecule has 3 heterocycles. The predicted molar refractivity (Wildman–Crippen MR) is 104 cm³/mol. The van der Waals surface area contributed by atoms with E-state index in [1.54, 1.807) is 10.9 Å². The molecular formula is C20H24N6O. The summed E-state index contributed by atoms with van der Waals surface area (Å²) in [7, 11) is 0. The average molecular weight is 364 g/mol. The first-order valence-electron chi connectivity index (χ1n) is 9.35. The third-order valence-corrected chi connectivity index (χ3v) is 4.93. The maximum Gasteiger partial charge on any atom is 0.244 e. The highest BCUT2D eigenvalue weighted by atomic mass is 16.2. The van der Waals surface area contributed by atoms with Gasteiger partial charge in [0, 0.05) is 35.9 Å². The Hall–Kier alpha value is -2.96. The van der Waals surface area contributed by atoms with Gasteiger partial charge in [0.1, 0.15) is 6.54 Å². The number of nitrogens with zero attached hydrogens (tertiary/aromatic N) is 5. The monoisotopic (exact) mass is 364 g/mol. The quantitative estimate of drug-likeness (QED) is 0.770. The normalized spacial score (nSPS) is 17.3. The zero-order chi connectivity index (χ0) is 18.8. The Morgan fingerprint density at radius 2 is 2.00 bits per heavy atom. The molecule has 0 radical (unpaired) electrons. The van der Waals surface area contributed by atoms with Gasteiger partial charge >= 0.3 is 0 Å². The Bertz CT molecular complexity index is 946. The molecule has 1 aromatic carbocycles. The Morgan fingerprint density at radius 1 is 1.22 bits per heavy atom. The zero-order valence-electron chi connectivity index (χ0n) is 15.7. The molecule has 0 saturated carbocycles. The standard InChI is InChI=1S/C20H24N6O/c1-14-10-15(2)23-20(22-14)24-17-7-5-9-25(12-17)19(27)13-26-18-8-4-3-6-16(18)11-21-26/h3-4,6,8,10-11,17H,5,7,9,12-13H2,1-2H3,(H,22,23,24)/t17-/m0/s1. The van der Waals surface area contributed by atoms with Crippen LogP contribution in [-0.4, -0.2) is 49.7 Å². The number of nitrogens with one attached hydrogen (secondary N) is 1. The topological polar surface area (TPSA) is 75.9 Å². The number of aromatic nitrogens is 4. The van der Waals surface area contributed by atoms with Crippen molar-refractivity contribution < 1.29 is 4.79 Å². The number of hydrogen-bond donors (Lipinski definition) is 1. The number of rotatable bonds is 4. The van der Waals surface area contributed by atoms with Crippen molar-refractivity contribution in [2.75, 3.05) is 18.4 Å². The number of amides is 1. The van der Waals surface area contributed by atoms with Gasteiger partial charge in [0.25, 0.3) is 0 Å². The lowest BCUT2D eigenvalue weighted by Crippen LogP contribution is -2.46. The summed E-state index contributed by atoms with van der Waals surface area (Å²) in [5.74, 6) is 0.738. The smallest absolute Gasteiger partial charge is 0.244 e. The van der Waals surface area contributed by atoms with Crippen LogP contribution < -0.4 is 5.32 Å². The van der Waals surface area contributed by atoms with Crippen LogP contribution in [0, 0.1) is 13.8 Å². The van der Waals surface area contributed by atoms with Crippen molar-refractivity contribution in [3.05, 3.63) is 47.9 Å². The average Bonchev–Trinajstić information content (AvgIpc) is 3.04. The molecule has 2 aromatic heterocycles. The third kappa shape index (κ3) is 3.92. The van der Waals surface area contributed by atoms with Gasteiger partial charge in [-0.15, -0.1) is 0 Å². The molecule has 140 valence electrons. The highest BCUT2D eigenvalue weighted by Crippen LogP contribution is 2.17. The van der Waals surface area contributed by atoms with Gasteiger partial charge in [0.2, 0.25) is 11.9 Å². The van der Waals surface area contributed by atoms with Crippen molar-refractivity contribution in [1.82, 2.24) is 24.6 Å². The number of piperidine rings is 1. The summed E-state index contributed by atoms with van der Waals surface area (Å²) in [5.41, 5.74) is 2.87. The van der Waals surface area contributed by atoms with E-state index in [9.17, 15) is 4.79 Å². The highest BCUT2D eigenvalue weighted by molar-refractivity contribution is 5.82. The fourth-order valence-electron chi connectivity index (χ4n) is 3.67. The number of likely N-dealkylation sites (tertiary alicyclic amines) is 1. The number of fused-ring (bicyclic) bond motifs is 1. The highest BCUT2D eigenvalue weighted by Gasteiger charge is 2.24. The van der Waals surface area contributed by atoms with Gasteiger partial charge in [0.05, 0.1) is 11.7 Å². The maximum atomic E-state index is 12.8. The molecule has 1 fully saturated rings. The van der Waals surface area contributed by atoms with E-state index in [1.807, 2.05) is 49.1 Å². The minimum atomic E-state index is 0.0942. The van der Waals surface area contributed by atoms with Crippen LogP contribution in [0.5, 0.6) is 0 Å². The fraction of sp³-hybridized carbons (Fsp3) is 0.400. The van der Waals surface area contributed by atoms with Crippen LogP contribution in [0.15, 0.2) is 36.5 Å². The van der Waals surface area contributed by atoms with Gasteiger partial charge in [-0.05, 0) is 38.8 Å². The second kappa shape index (κ2) is 7.34. The van der Waals surface area contributed by atoms with Gasteiger partial charge in [-0.2, -0.15) is 5.10 Å². The number of hydrogen-bond acceptors (Lipinski definition) is 5. The molecule has 1 aliphatic heterocycles. The molecule has 3 aromatic rings. The van der Waals surface area contributed by atoms with Crippen LogP contribution in [0.2, 0.25) is 0 Å². The minimum absolute atomic E-state index is 0.0942. The molecule has 7 heteroatoms. The first-order valence-corrected chi connectivity index (χ1v) is 9.35. The number of aryl methyl sites for hydroxylation is 2. The summed E-state index contributed by atoms with van der Waals surface area (Å²) in [6.07, 6.45) is 3.78. The number of benzene rings is 1. The molecule has 1 saturated heterocycles. The summed E-state index contributed by atoms with van der Waals surface area (Å²) in [4.78, 5) is 23.6. The van der Waals surface area contributed by atoms with Crippen LogP contribution in [0.1, 0.15) is 24.2 Å². The largest absolute Gasteiger partial charge is 0.350 e. The van der Waals surface area contributed by atoms with Crippen molar-refractivity contribution in [3.63, 3.8) is 0 Å².